The molecule has 0 aliphatic carbocycles. The van der Waals surface area contributed by atoms with Gasteiger partial charge in [0, 0.05) is 5.56 Å². The van der Waals surface area contributed by atoms with E-state index >= 15 is 0 Å². The van der Waals surface area contributed by atoms with Crippen LogP contribution in [0.2, 0.25) is 0 Å². The van der Waals surface area contributed by atoms with Crippen molar-refractivity contribution in [2.75, 3.05) is 7.05 Å². The van der Waals surface area contributed by atoms with Crippen LogP contribution in [0.3, 0.4) is 0 Å². The molecule has 0 aliphatic heterocycles. The Morgan fingerprint density at radius 2 is 2.21 bits per heavy atom. The van der Waals surface area contributed by atoms with Crippen molar-refractivity contribution in [3.8, 4) is 0 Å². The van der Waals surface area contributed by atoms with E-state index in [2.05, 4.69) is 21.2 Å². The summed E-state index contributed by atoms with van der Waals surface area (Å²) >= 11 is 3.43. The Kier molecular flexibility index (Phi) is 2.74. The van der Waals surface area contributed by atoms with Gasteiger partial charge in [0.15, 0.2) is 0 Å². The second-order valence-corrected chi connectivity index (χ2v) is 3.77. The Hall–Kier alpha value is -1.00. The highest BCUT2D eigenvalue weighted by Crippen LogP contribution is 2.29. The summed E-state index contributed by atoms with van der Waals surface area (Å²) in [5.74, 6) is 0.855. The van der Waals surface area contributed by atoms with Crippen LogP contribution in [0, 0.1) is 0 Å². The number of hydrogen-bond acceptors (Lipinski definition) is 3. The maximum Gasteiger partial charge on any atom is 0.139 e. The number of halogens is 1. The van der Waals surface area contributed by atoms with Gasteiger partial charge in [-0.2, -0.15) is 0 Å². The van der Waals surface area contributed by atoms with Crippen molar-refractivity contribution < 1.29 is 8.83 Å². The largest absolute Gasteiger partial charge is 0.472 e. The molecule has 0 aromatic carbocycles. The molecule has 0 spiro atoms. The van der Waals surface area contributed by atoms with Gasteiger partial charge in [-0.1, -0.05) is 0 Å². The van der Waals surface area contributed by atoms with Gasteiger partial charge < -0.3 is 14.2 Å². The van der Waals surface area contributed by atoms with E-state index in [-0.39, 0.29) is 6.04 Å². The zero-order valence-electron chi connectivity index (χ0n) is 7.66. The Morgan fingerprint density at radius 3 is 2.71 bits per heavy atom. The lowest BCUT2D eigenvalue weighted by Gasteiger charge is -2.11. The number of nitrogens with one attached hydrogen (secondary N) is 1. The first-order valence-corrected chi connectivity index (χ1v) is 5.04. The highest BCUT2D eigenvalue weighted by Gasteiger charge is 2.18. The summed E-state index contributed by atoms with van der Waals surface area (Å²) in [5, 5.41) is 3.16. The topological polar surface area (TPSA) is 38.3 Å². The number of rotatable bonds is 3. The van der Waals surface area contributed by atoms with Crippen LogP contribution in [0.5, 0.6) is 0 Å². The Labute approximate surface area is 90.2 Å². The Bertz CT molecular complexity index is 394. The quantitative estimate of drug-likeness (QED) is 0.917. The first-order chi connectivity index (χ1) is 6.83. The maximum absolute atomic E-state index is 5.39. The van der Waals surface area contributed by atoms with Gasteiger partial charge in [0.1, 0.15) is 5.76 Å². The molecule has 2 aromatic rings. The molecule has 0 amide bonds. The van der Waals surface area contributed by atoms with Crippen molar-refractivity contribution in [2.45, 2.75) is 6.04 Å². The van der Waals surface area contributed by atoms with Crippen molar-refractivity contribution in [2.24, 2.45) is 0 Å². The first kappa shape index (κ1) is 9.55. The van der Waals surface area contributed by atoms with Gasteiger partial charge in [-0.15, -0.1) is 0 Å². The molecule has 1 N–H and O–H groups in total. The van der Waals surface area contributed by atoms with Crippen LogP contribution in [-0.2, 0) is 0 Å². The normalized spacial score (nSPS) is 13.0. The molecule has 4 heteroatoms. The summed E-state index contributed by atoms with van der Waals surface area (Å²) in [6.07, 6.45) is 5.01. The van der Waals surface area contributed by atoms with Gasteiger partial charge in [-0.05, 0) is 35.1 Å². The fourth-order valence-corrected chi connectivity index (χ4v) is 1.83. The summed E-state index contributed by atoms with van der Waals surface area (Å²) in [6.45, 7) is 0. The SMILES string of the molecule is CNC(c1ccoc1)c1occc1Br. The second-order valence-electron chi connectivity index (χ2n) is 2.91. The van der Waals surface area contributed by atoms with Gasteiger partial charge in [0.2, 0.25) is 0 Å². The summed E-state index contributed by atoms with van der Waals surface area (Å²) < 4.78 is 11.4. The summed E-state index contributed by atoms with van der Waals surface area (Å²) in [6, 6.07) is 3.81. The average Bonchev–Trinajstić information content (AvgIpc) is 2.80. The van der Waals surface area contributed by atoms with E-state index in [0.29, 0.717) is 0 Å². The molecule has 2 aromatic heterocycles. The molecule has 0 bridgehead atoms. The molecule has 3 nitrogen and oxygen atoms in total. The van der Waals surface area contributed by atoms with Gasteiger partial charge in [0.25, 0.3) is 0 Å². The van der Waals surface area contributed by atoms with Crippen LogP contribution in [0.15, 0.2) is 44.2 Å². The summed E-state index contributed by atoms with van der Waals surface area (Å²) in [7, 11) is 1.88. The van der Waals surface area contributed by atoms with Crippen LogP contribution in [0.4, 0.5) is 0 Å². The van der Waals surface area contributed by atoms with Gasteiger partial charge >= 0.3 is 0 Å². The van der Waals surface area contributed by atoms with Crippen LogP contribution in [-0.4, -0.2) is 7.05 Å². The van der Waals surface area contributed by atoms with E-state index < -0.39 is 0 Å². The van der Waals surface area contributed by atoms with Crippen LogP contribution in [0.25, 0.3) is 0 Å². The summed E-state index contributed by atoms with van der Waals surface area (Å²) in [5.41, 5.74) is 1.04. The third-order valence-corrected chi connectivity index (χ3v) is 2.73. The fraction of sp³-hybridized carbons (Fsp3) is 0.200. The molecule has 0 saturated heterocycles. The van der Waals surface area contributed by atoms with E-state index in [9.17, 15) is 0 Å². The predicted octanol–water partition coefficient (Wildman–Crippen LogP) is 2.94. The second kappa shape index (κ2) is 4.02. The lowest BCUT2D eigenvalue weighted by atomic mass is 10.1. The lowest BCUT2D eigenvalue weighted by Crippen LogP contribution is -2.16. The maximum atomic E-state index is 5.39. The zero-order chi connectivity index (χ0) is 9.97. The number of hydrogen-bond donors (Lipinski definition) is 1. The van der Waals surface area contributed by atoms with Crippen molar-refractivity contribution >= 4 is 15.9 Å². The number of furan rings is 2. The van der Waals surface area contributed by atoms with Crippen LogP contribution >= 0.6 is 15.9 Å². The molecule has 1 atom stereocenters. The smallest absolute Gasteiger partial charge is 0.139 e. The molecule has 0 radical (unpaired) electrons. The minimum absolute atomic E-state index is 0.0260. The first-order valence-electron chi connectivity index (χ1n) is 4.25. The van der Waals surface area contributed by atoms with Crippen molar-refractivity contribution in [1.82, 2.24) is 5.32 Å². The van der Waals surface area contributed by atoms with Gasteiger partial charge in [-0.25, -0.2) is 0 Å². The van der Waals surface area contributed by atoms with E-state index in [4.69, 9.17) is 8.83 Å². The van der Waals surface area contributed by atoms with Crippen LogP contribution < -0.4 is 5.32 Å². The average molecular weight is 256 g/mol. The minimum atomic E-state index is 0.0260. The minimum Gasteiger partial charge on any atom is -0.472 e. The standard InChI is InChI=1S/C10H10BrNO2/c1-12-9(7-2-4-13-6-7)10-8(11)3-5-14-10/h2-6,9,12H,1H3. The Morgan fingerprint density at radius 1 is 1.36 bits per heavy atom. The molecule has 1 unspecified atom stereocenters. The molecule has 0 aliphatic rings. The van der Waals surface area contributed by atoms with Crippen molar-refractivity contribution in [3.05, 3.63) is 46.7 Å². The van der Waals surface area contributed by atoms with Crippen molar-refractivity contribution in [3.63, 3.8) is 0 Å². The molecule has 14 heavy (non-hydrogen) atoms. The highest BCUT2D eigenvalue weighted by molar-refractivity contribution is 9.10. The molecule has 74 valence electrons. The zero-order valence-corrected chi connectivity index (χ0v) is 9.24. The van der Waals surface area contributed by atoms with Gasteiger partial charge in [0.05, 0.1) is 29.3 Å². The molecule has 0 saturated carbocycles. The van der Waals surface area contributed by atoms with Gasteiger partial charge in [-0.3, -0.25) is 0 Å². The third kappa shape index (κ3) is 1.63. The highest BCUT2D eigenvalue weighted by atomic mass is 79.9. The molecule has 0 fully saturated rings. The predicted molar refractivity (Wildman–Crippen MR) is 56.0 cm³/mol. The summed E-state index contributed by atoms with van der Waals surface area (Å²) in [4.78, 5) is 0. The van der Waals surface area contributed by atoms with E-state index in [1.807, 2.05) is 19.2 Å². The van der Waals surface area contributed by atoms with E-state index in [0.717, 1.165) is 15.8 Å². The molecule has 2 rings (SSSR count). The fourth-order valence-electron chi connectivity index (χ4n) is 1.40. The van der Waals surface area contributed by atoms with E-state index in [1.165, 1.54) is 0 Å². The molecular formula is C10H10BrNO2. The van der Waals surface area contributed by atoms with E-state index in [1.54, 1.807) is 18.8 Å². The third-order valence-electron chi connectivity index (χ3n) is 2.07. The lowest BCUT2D eigenvalue weighted by molar-refractivity contribution is 0.457. The monoisotopic (exact) mass is 255 g/mol. The van der Waals surface area contributed by atoms with Crippen LogP contribution in [0.1, 0.15) is 17.4 Å². The Balaban J connectivity index is 2.36. The molecule has 2 heterocycles. The molecular weight excluding hydrogens is 246 g/mol. The van der Waals surface area contributed by atoms with Crippen molar-refractivity contribution in [1.29, 1.82) is 0 Å².